The van der Waals surface area contributed by atoms with Crippen LogP contribution in [0.5, 0.6) is 0 Å². The monoisotopic (exact) mass is 566 g/mol. The van der Waals surface area contributed by atoms with Crippen molar-refractivity contribution in [3.63, 3.8) is 0 Å². The first kappa shape index (κ1) is 28.1. The van der Waals surface area contributed by atoms with Crippen molar-refractivity contribution in [2.45, 2.75) is 19.6 Å². The number of anilines is 1. The van der Waals surface area contributed by atoms with Gasteiger partial charge >= 0.3 is 6.18 Å². The number of rotatable bonds is 6. The molecule has 0 aliphatic carbocycles. The van der Waals surface area contributed by atoms with Crippen LogP contribution in [0.1, 0.15) is 33.6 Å². The largest absolute Gasteiger partial charge is 0.435 e. The summed E-state index contributed by atoms with van der Waals surface area (Å²) >= 11 is 6.35. The average molecular weight is 567 g/mol. The minimum atomic E-state index is -4.69. The Labute approximate surface area is 226 Å². The van der Waals surface area contributed by atoms with E-state index in [0.29, 0.717) is 26.2 Å². The smallest absolute Gasteiger partial charge is 0.338 e. The van der Waals surface area contributed by atoms with Crippen LogP contribution in [-0.4, -0.2) is 79.6 Å². The summed E-state index contributed by atoms with van der Waals surface area (Å²) in [4.78, 5) is 44.8. The molecule has 39 heavy (non-hydrogen) atoms. The number of hydrogen-bond donors (Lipinski definition) is 2. The summed E-state index contributed by atoms with van der Waals surface area (Å²) in [6, 6.07) is 4.36. The number of amides is 3. The third-order valence-corrected chi connectivity index (χ3v) is 6.69. The molecule has 11 nitrogen and oxygen atoms in total. The number of aryl methyl sites for hydroxylation is 1. The van der Waals surface area contributed by atoms with Crippen LogP contribution in [0.25, 0.3) is 11.3 Å². The van der Waals surface area contributed by atoms with Crippen molar-refractivity contribution in [2.75, 3.05) is 38.0 Å². The van der Waals surface area contributed by atoms with Crippen LogP contribution in [0.3, 0.4) is 0 Å². The Kier molecular flexibility index (Phi) is 7.97. The van der Waals surface area contributed by atoms with E-state index in [1.54, 1.807) is 16.7 Å². The van der Waals surface area contributed by atoms with Crippen molar-refractivity contribution in [3.05, 3.63) is 52.7 Å². The molecule has 0 radical (unpaired) electrons. The molecule has 0 atom stereocenters. The van der Waals surface area contributed by atoms with Crippen molar-refractivity contribution in [2.24, 2.45) is 12.8 Å². The van der Waals surface area contributed by atoms with Crippen molar-refractivity contribution in [1.29, 1.82) is 0 Å². The lowest BCUT2D eigenvalue weighted by atomic mass is 10.1. The number of benzene rings is 1. The van der Waals surface area contributed by atoms with Crippen molar-refractivity contribution < 1.29 is 27.6 Å². The first-order chi connectivity index (χ1) is 18.4. The minimum absolute atomic E-state index is 0.0689. The molecule has 0 bridgehead atoms. The summed E-state index contributed by atoms with van der Waals surface area (Å²) < 4.78 is 43.0. The molecule has 3 amide bonds. The molecule has 3 N–H and O–H groups in total. The van der Waals surface area contributed by atoms with Crippen LogP contribution in [0.2, 0.25) is 5.02 Å². The SMILES string of the molecule is CCn1cc(-c2cnc(C(=O)Nc3ccc(C(=O)N4CCN(C(=O)CN)CC4)c(Cl)c3)n2C)c(C(F)(F)F)n1. The fourth-order valence-electron chi connectivity index (χ4n) is 4.26. The first-order valence-corrected chi connectivity index (χ1v) is 12.4. The lowest BCUT2D eigenvalue weighted by Gasteiger charge is -2.34. The Morgan fingerprint density at radius 2 is 1.79 bits per heavy atom. The third-order valence-electron chi connectivity index (χ3n) is 6.37. The Balaban J connectivity index is 1.48. The van der Waals surface area contributed by atoms with E-state index in [-0.39, 0.29) is 58.3 Å². The van der Waals surface area contributed by atoms with E-state index >= 15 is 0 Å². The van der Waals surface area contributed by atoms with Crippen molar-refractivity contribution in [1.82, 2.24) is 29.1 Å². The molecule has 2 aromatic heterocycles. The van der Waals surface area contributed by atoms with Gasteiger partial charge in [0.2, 0.25) is 5.91 Å². The van der Waals surface area contributed by atoms with Crippen LogP contribution in [0, 0.1) is 0 Å². The molecule has 15 heteroatoms. The van der Waals surface area contributed by atoms with Crippen LogP contribution >= 0.6 is 11.6 Å². The van der Waals surface area contributed by atoms with Gasteiger partial charge in [0.05, 0.1) is 34.6 Å². The number of halogens is 4. The normalized spacial score (nSPS) is 14.0. The molecular formula is C24H26ClF3N8O3. The Morgan fingerprint density at radius 3 is 2.38 bits per heavy atom. The van der Waals surface area contributed by atoms with Gasteiger partial charge in [-0.05, 0) is 25.1 Å². The van der Waals surface area contributed by atoms with Crippen LogP contribution in [-0.2, 0) is 24.6 Å². The van der Waals surface area contributed by atoms with Gasteiger partial charge in [-0.3, -0.25) is 19.1 Å². The van der Waals surface area contributed by atoms with Crippen LogP contribution in [0.15, 0.2) is 30.6 Å². The summed E-state index contributed by atoms with van der Waals surface area (Å²) in [5, 5.41) is 6.31. The van der Waals surface area contributed by atoms with Crippen molar-refractivity contribution in [3.8, 4) is 11.3 Å². The van der Waals surface area contributed by atoms with Gasteiger partial charge in [0.25, 0.3) is 11.8 Å². The fourth-order valence-corrected chi connectivity index (χ4v) is 4.52. The van der Waals surface area contributed by atoms with Gasteiger partial charge in [-0.1, -0.05) is 11.6 Å². The maximum absolute atomic E-state index is 13.5. The van der Waals surface area contributed by atoms with Gasteiger partial charge in [0.15, 0.2) is 11.5 Å². The van der Waals surface area contributed by atoms with E-state index in [4.69, 9.17) is 17.3 Å². The van der Waals surface area contributed by atoms with Gasteiger partial charge in [0, 0.05) is 51.7 Å². The van der Waals surface area contributed by atoms with Gasteiger partial charge in [0.1, 0.15) is 0 Å². The zero-order chi connectivity index (χ0) is 28.5. The second-order valence-electron chi connectivity index (χ2n) is 8.80. The van der Waals surface area contributed by atoms with Gasteiger partial charge < -0.3 is 25.4 Å². The molecule has 3 aromatic rings. The Morgan fingerprint density at radius 1 is 1.13 bits per heavy atom. The zero-order valence-electron chi connectivity index (χ0n) is 21.1. The predicted molar refractivity (Wildman–Crippen MR) is 136 cm³/mol. The van der Waals surface area contributed by atoms with Crippen LogP contribution < -0.4 is 11.1 Å². The van der Waals surface area contributed by atoms with E-state index in [9.17, 15) is 27.6 Å². The highest BCUT2D eigenvalue weighted by Crippen LogP contribution is 2.36. The molecule has 0 saturated carbocycles. The Bertz CT molecular complexity index is 1410. The number of aromatic nitrogens is 4. The molecule has 1 saturated heterocycles. The quantitative estimate of drug-likeness (QED) is 0.471. The molecule has 1 aromatic carbocycles. The highest BCUT2D eigenvalue weighted by Gasteiger charge is 2.38. The number of nitrogens with one attached hydrogen (secondary N) is 1. The van der Waals surface area contributed by atoms with E-state index < -0.39 is 17.8 Å². The summed E-state index contributed by atoms with van der Waals surface area (Å²) in [6.07, 6.45) is -2.25. The standard InChI is InChI=1S/C24H26ClF3N8O3/c1-3-36-13-16(20(32-36)24(26,27)28)18-12-30-21(33(18)2)22(38)31-14-4-5-15(17(25)10-14)23(39)35-8-6-34(7-9-35)19(37)11-29/h4-5,10,12-13H,3,6-9,11,29H2,1-2H3,(H,31,38). The minimum Gasteiger partial charge on any atom is -0.338 e. The van der Waals surface area contributed by atoms with Crippen LogP contribution in [0.4, 0.5) is 18.9 Å². The predicted octanol–water partition coefficient (Wildman–Crippen LogP) is 2.47. The molecular weight excluding hydrogens is 541 g/mol. The number of hydrogen-bond acceptors (Lipinski definition) is 6. The molecule has 0 unspecified atom stereocenters. The van der Waals surface area contributed by atoms with E-state index in [0.717, 1.165) is 4.68 Å². The van der Waals surface area contributed by atoms with Gasteiger partial charge in [-0.15, -0.1) is 0 Å². The lowest BCUT2D eigenvalue weighted by molar-refractivity contribution is -0.141. The van der Waals surface area contributed by atoms with Gasteiger partial charge in [-0.2, -0.15) is 18.3 Å². The van der Waals surface area contributed by atoms with E-state index in [1.807, 2.05) is 0 Å². The molecule has 1 fully saturated rings. The number of imidazole rings is 1. The van der Waals surface area contributed by atoms with E-state index in [1.165, 1.54) is 42.2 Å². The second-order valence-corrected chi connectivity index (χ2v) is 9.20. The molecule has 1 aliphatic heterocycles. The first-order valence-electron chi connectivity index (χ1n) is 12.0. The molecule has 1 aliphatic rings. The highest BCUT2D eigenvalue weighted by atomic mass is 35.5. The summed E-state index contributed by atoms with van der Waals surface area (Å²) in [5.74, 6) is -1.32. The fraction of sp³-hybridized carbons (Fsp3) is 0.375. The maximum atomic E-state index is 13.5. The number of nitrogens with two attached hydrogens (primary N) is 1. The number of carbonyl (C=O) groups excluding carboxylic acids is 3. The molecule has 3 heterocycles. The summed E-state index contributed by atoms with van der Waals surface area (Å²) in [7, 11) is 1.43. The molecule has 4 rings (SSSR count). The highest BCUT2D eigenvalue weighted by molar-refractivity contribution is 6.34. The Hall–Kier alpha value is -3.91. The second kappa shape index (κ2) is 11.1. The van der Waals surface area contributed by atoms with Gasteiger partial charge in [-0.25, -0.2) is 4.98 Å². The van der Waals surface area contributed by atoms with E-state index in [2.05, 4.69) is 15.4 Å². The molecule has 0 spiro atoms. The number of alkyl halides is 3. The average Bonchev–Trinajstić information content (AvgIpc) is 3.51. The molecule has 208 valence electrons. The number of piperazine rings is 1. The maximum Gasteiger partial charge on any atom is 0.435 e. The number of carbonyl (C=O) groups is 3. The third kappa shape index (κ3) is 5.76. The zero-order valence-corrected chi connectivity index (χ0v) is 21.9. The van der Waals surface area contributed by atoms with Crippen molar-refractivity contribution >= 4 is 35.0 Å². The topological polar surface area (TPSA) is 131 Å². The summed E-state index contributed by atoms with van der Waals surface area (Å²) in [5.41, 5.74) is 4.68. The lowest BCUT2D eigenvalue weighted by Crippen LogP contribution is -2.51. The summed E-state index contributed by atoms with van der Waals surface area (Å²) in [6.45, 7) is 3.19. The number of nitrogens with zero attached hydrogens (tertiary/aromatic N) is 6.